The number of benzene rings is 3. The predicted molar refractivity (Wildman–Crippen MR) is 340 cm³/mol. The van der Waals surface area contributed by atoms with Crippen molar-refractivity contribution in [3.63, 3.8) is 0 Å². The third-order valence-electron chi connectivity index (χ3n) is 17.8. The zero-order valence-corrected chi connectivity index (χ0v) is 52.3. The van der Waals surface area contributed by atoms with Crippen molar-refractivity contribution in [3.05, 3.63) is 130 Å². The number of aliphatic hydroxyl groups excluding tert-OH is 1. The molecule has 5 amide bonds. The van der Waals surface area contributed by atoms with Crippen LogP contribution in [0.4, 0.5) is 10.9 Å². The van der Waals surface area contributed by atoms with Crippen LogP contribution in [-0.4, -0.2) is 139 Å². The minimum atomic E-state index is -0.986. The average Bonchev–Trinajstić information content (AvgIpc) is 3.53. The minimum absolute atomic E-state index is 0.0279. The van der Waals surface area contributed by atoms with Crippen LogP contribution in [0.3, 0.4) is 0 Å². The maximum absolute atomic E-state index is 14.6. The van der Waals surface area contributed by atoms with Gasteiger partial charge in [0.25, 0.3) is 11.8 Å². The highest BCUT2D eigenvalue weighted by Crippen LogP contribution is 2.35. The molecule has 87 heavy (non-hydrogen) atoms. The van der Waals surface area contributed by atoms with Gasteiger partial charge in [-0.2, -0.15) is 5.10 Å². The first-order valence-electron chi connectivity index (χ1n) is 30.7. The van der Waals surface area contributed by atoms with Gasteiger partial charge in [-0.05, 0) is 117 Å². The summed E-state index contributed by atoms with van der Waals surface area (Å²) in [6, 6.07) is 23.3. The number of pyridine rings is 1. The lowest BCUT2D eigenvalue weighted by atomic mass is 9.85. The lowest BCUT2D eigenvalue weighted by Crippen LogP contribution is -2.58. The summed E-state index contributed by atoms with van der Waals surface area (Å²) in [6.45, 7) is 15.5. The molecule has 458 valence electrons. The summed E-state index contributed by atoms with van der Waals surface area (Å²) >= 11 is 3.02. The number of thiazole rings is 2. The zero-order valence-electron chi connectivity index (χ0n) is 50.6. The number of nitrogens with one attached hydrogen (secondary N) is 4. The van der Waals surface area contributed by atoms with Crippen molar-refractivity contribution in [3.8, 4) is 21.6 Å². The molecule has 4 aromatic heterocycles. The molecule has 2 saturated heterocycles. The van der Waals surface area contributed by atoms with E-state index >= 15 is 0 Å². The Labute approximate surface area is 516 Å². The van der Waals surface area contributed by atoms with Crippen LogP contribution in [0.1, 0.15) is 134 Å². The highest BCUT2D eigenvalue weighted by atomic mass is 32.1. The molecule has 11 rings (SSSR count). The van der Waals surface area contributed by atoms with Gasteiger partial charge >= 0.3 is 0 Å². The Kier molecular flexibility index (Phi) is 18.9. The molecule has 3 fully saturated rings. The highest BCUT2D eigenvalue weighted by molar-refractivity contribution is 7.22. The molecule has 0 bridgehead atoms. The highest BCUT2D eigenvalue weighted by Gasteiger charge is 2.45. The number of piperidine rings is 1. The number of hydrogen-bond donors (Lipinski definition) is 5. The third-order valence-corrected chi connectivity index (χ3v) is 19.7. The van der Waals surface area contributed by atoms with Gasteiger partial charge in [0, 0.05) is 81.2 Å². The van der Waals surface area contributed by atoms with Crippen LogP contribution >= 0.6 is 22.7 Å². The first kappa shape index (κ1) is 61.2. The average molecular weight is 1220 g/mol. The summed E-state index contributed by atoms with van der Waals surface area (Å²) in [5, 5.41) is 28.4. The minimum Gasteiger partial charge on any atom is -0.391 e. The second kappa shape index (κ2) is 26.9. The Balaban J connectivity index is 0.690. The molecule has 7 aromatic rings. The maximum Gasteiger partial charge on any atom is 0.270 e. The number of anilines is 2. The molecule has 4 aliphatic rings. The summed E-state index contributed by atoms with van der Waals surface area (Å²) in [7, 11) is 0. The maximum atomic E-state index is 14.6. The van der Waals surface area contributed by atoms with Crippen LogP contribution in [0.15, 0.2) is 90.6 Å². The number of likely N-dealkylation sites (tertiary alicyclic amines) is 2. The van der Waals surface area contributed by atoms with E-state index in [1.165, 1.54) is 48.3 Å². The van der Waals surface area contributed by atoms with Gasteiger partial charge in [0.2, 0.25) is 17.7 Å². The third kappa shape index (κ3) is 14.3. The van der Waals surface area contributed by atoms with Gasteiger partial charge in [-0.1, -0.05) is 99.9 Å². The predicted octanol–water partition coefficient (Wildman–Crippen LogP) is 9.27. The van der Waals surface area contributed by atoms with Gasteiger partial charge in [0.05, 0.1) is 50.7 Å². The molecule has 0 unspecified atom stereocenters. The van der Waals surface area contributed by atoms with Crippen molar-refractivity contribution in [1.82, 2.24) is 50.5 Å². The fourth-order valence-electron chi connectivity index (χ4n) is 12.7. The van der Waals surface area contributed by atoms with E-state index in [0.29, 0.717) is 92.2 Å². The van der Waals surface area contributed by atoms with E-state index in [4.69, 9.17) is 14.8 Å². The Bertz CT molecular complexity index is 3580. The Morgan fingerprint density at radius 1 is 0.851 bits per heavy atom. The Morgan fingerprint density at radius 2 is 1.63 bits per heavy atom. The van der Waals surface area contributed by atoms with E-state index in [1.54, 1.807) is 11.3 Å². The number of amides is 5. The van der Waals surface area contributed by atoms with Gasteiger partial charge in [-0.25, -0.2) is 15.0 Å². The number of carbonyl (C=O) groups excluding carboxylic acids is 5. The van der Waals surface area contributed by atoms with Gasteiger partial charge < -0.3 is 40.5 Å². The van der Waals surface area contributed by atoms with E-state index in [1.807, 2.05) is 119 Å². The van der Waals surface area contributed by atoms with Gasteiger partial charge in [-0.3, -0.25) is 34.0 Å². The summed E-state index contributed by atoms with van der Waals surface area (Å²) in [5.41, 5.74) is 10.3. The Hall–Kier alpha value is -7.43. The number of aliphatic hydroxyl groups is 1. The summed E-state index contributed by atoms with van der Waals surface area (Å²) in [5.74, 6) is -0.541. The van der Waals surface area contributed by atoms with E-state index < -0.39 is 35.4 Å². The Morgan fingerprint density at radius 3 is 2.38 bits per heavy atom. The first-order chi connectivity index (χ1) is 41.9. The molecule has 0 spiro atoms. The molecular weight excluding hydrogens is 1140 g/mol. The second-order valence-electron chi connectivity index (χ2n) is 24.9. The first-order valence-corrected chi connectivity index (χ1v) is 32.4. The lowest BCUT2D eigenvalue weighted by molar-refractivity contribution is -0.145. The molecule has 1 saturated carbocycles. The standard InChI is InChI=1S/C66H80N12O7S2/c1-40(44-19-21-46(22-20-44)59-41(2)68-39-86-59)70-62(82)54-33-47(79)36-77(54)64(84)60(66(4,5)6)73-57(80)38-85-48-26-29-75(30-27-48)32-28-67-63(83)58-49(51-34-69-78(42(51)3)35-43-13-8-7-9-14-43)23-24-56(72-58)76-31-25-45-15-12-16-50(52(45)37-76)61(81)74-65-71-53-17-10-11-18-55(53)87-65/h10-12,15-24,34,39-40,43,47-48,54,60,79H,7-9,13-14,25-33,35-38H2,1-6H3,(H,67,83)(H,70,82)(H,73,80)(H,71,74,81)/t40-,47+,54-,60+/m0/s1. The molecule has 3 aromatic carbocycles. The molecule has 7 heterocycles. The molecule has 3 aliphatic heterocycles. The number of ether oxygens (including phenoxy) is 1. The van der Waals surface area contributed by atoms with Crippen LogP contribution < -0.4 is 26.2 Å². The largest absolute Gasteiger partial charge is 0.391 e. The number of aromatic nitrogens is 5. The summed E-state index contributed by atoms with van der Waals surface area (Å²) in [4.78, 5) is 91.4. The smallest absolute Gasteiger partial charge is 0.270 e. The molecule has 5 N–H and O–H groups in total. The number of carbonyl (C=O) groups is 5. The molecule has 1 aliphatic carbocycles. The van der Waals surface area contributed by atoms with Crippen molar-refractivity contribution in [2.24, 2.45) is 11.3 Å². The molecule has 0 radical (unpaired) electrons. The van der Waals surface area contributed by atoms with E-state index in [2.05, 4.69) is 58.7 Å². The topological polar surface area (TPSA) is 229 Å². The van der Waals surface area contributed by atoms with Crippen molar-refractivity contribution in [2.75, 3.05) is 56.1 Å². The van der Waals surface area contributed by atoms with Crippen molar-refractivity contribution < 1.29 is 33.8 Å². The zero-order chi connectivity index (χ0) is 60.9. The number of rotatable bonds is 19. The molecular formula is C66H80N12O7S2. The van der Waals surface area contributed by atoms with Crippen molar-refractivity contribution in [1.29, 1.82) is 0 Å². The summed E-state index contributed by atoms with van der Waals surface area (Å²) < 4.78 is 9.25. The number of para-hydroxylation sites is 1. The van der Waals surface area contributed by atoms with E-state index in [9.17, 15) is 29.1 Å². The molecule has 19 nitrogen and oxygen atoms in total. The molecule has 21 heteroatoms. The number of hydrogen-bond acceptors (Lipinski definition) is 15. The van der Waals surface area contributed by atoms with Crippen LogP contribution in [0.2, 0.25) is 0 Å². The number of aryl methyl sites for hydroxylation is 1. The normalized spacial score (nSPS) is 18.5. The summed E-state index contributed by atoms with van der Waals surface area (Å²) in [6.07, 6.45) is 9.04. The SMILES string of the molecule is Cc1ncsc1-c1ccc([C@H](C)NC(=O)[C@@H]2C[C@@H](O)CN2C(=O)[C@@H](NC(=O)COC2CCN(CCNC(=O)c3nc(N4CCc5cccc(C(=O)Nc6nc7ccccc7s6)c5C4)ccc3-c3cnn(CC4CCCCC4)c3C)CC2)C(C)(C)C)cc1. The van der Waals surface area contributed by atoms with Crippen LogP contribution in [-0.2, 0) is 38.6 Å². The second-order valence-corrected chi connectivity index (χ2v) is 26.8. The molecule has 4 atom stereocenters. The van der Waals surface area contributed by atoms with E-state index in [0.717, 1.165) is 60.8 Å². The van der Waals surface area contributed by atoms with Crippen LogP contribution in [0.5, 0.6) is 0 Å². The van der Waals surface area contributed by atoms with Gasteiger partial charge in [0.15, 0.2) is 5.13 Å². The van der Waals surface area contributed by atoms with Gasteiger partial charge in [0.1, 0.15) is 30.2 Å². The van der Waals surface area contributed by atoms with E-state index in [-0.39, 0.29) is 49.4 Å². The van der Waals surface area contributed by atoms with Crippen LogP contribution in [0.25, 0.3) is 31.8 Å². The van der Waals surface area contributed by atoms with Crippen LogP contribution in [0, 0.1) is 25.2 Å². The quantitative estimate of drug-likeness (QED) is 0.0509. The fraction of sp³-hybridized carbons (Fsp3) is 0.470. The number of fused-ring (bicyclic) bond motifs is 2. The fourth-order valence-corrected chi connectivity index (χ4v) is 14.4. The van der Waals surface area contributed by atoms with Crippen molar-refractivity contribution in [2.45, 2.75) is 143 Å². The van der Waals surface area contributed by atoms with Crippen molar-refractivity contribution >= 4 is 73.4 Å². The monoisotopic (exact) mass is 1220 g/mol. The lowest BCUT2D eigenvalue weighted by Gasteiger charge is -2.36. The van der Waals surface area contributed by atoms with Gasteiger partial charge in [-0.15, -0.1) is 11.3 Å². The number of nitrogens with zero attached hydrogens (tertiary/aromatic N) is 8. The number of β-amino-alcohol motifs (C(OH)–C–C–N with tert-alkyl or cyclic N) is 1.